The molecule has 0 N–H and O–H groups in total. The Balaban J connectivity index is 0.613. The van der Waals surface area contributed by atoms with Crippen LogP contribution in [-0.4, -0.2) is 48.2 Å². The van der Waals surface area contributed by atoms with Crippen molar-refractivity contribution >= 4 is 87.2 Å². The summed E-state index contributed by atoms with van der Waals surface area (Å²) in [5.74, 6) is 2.48. The highest BCUT2D eigenvalue weighted by Crippen LogP contribution is 2.48. The molecule has 0 unspecified atom stereocenters. The quantitative estimate of drug-likeness (QED) is 0.0954. The minimum atomic E-state index is 0.390. The molecule has 0 fully saturated rings. The molecular formula is C122H76N14. The van der Waals surface area contributed by atoms with Gasteiger partial charge in [-0.05, 0) is 239 Å². The van der Waals surface area contributed by atoms with Crippen LogP contribution in [0.25, 0.3) is 234 Å². The number of benzene rings is 18. The maximum atomic E-state index is 11.0. The highest BCUT2D eigenvalue weighted by molar-refractivity contribution is 6.15. The molecule has 0 radical (unpaired) electrons. The van der Waals surface area contributed by atoms with Crippen molar-refractivity contribution in [3.8, 4) is 171 Å². The van der Waals surface area contributed by atoms with Gasteiger partial charge < -0.3 is 18.3 Å². The fraction of sp³-hybridized carbons (Fsp3) is 0.0328. The second-order valence-electron chi connectivity index (χ2n) is 34.6. The molecule has 14 nitrogen and oxygen atoms in total. The van der Waals surface area contributed by atoms with E-state index in [0.717, 1.165) is 182 Å². The van der Waals surface area contributed by atoms with E-state index in [9.17, 15) is 21.0 Å². The summed E-state index contributed by atoms with van der Waals surface area (Å²) in [6.07, 6.45) is 0. The Kier molecular flexibility index (Phi) is 19.3. The molecule has 136 heavy (non-hydrogen) atoms. The lowest BCUT2D eigenvalue weighted by atomic mass is 9.88. The van der Waals surface area contributed by atoms with E-state index >= 15 is 0 Å². The van der Waals surface area contributed by atoms with Crippen LogP contribution in [0.15, 0.2) is 388 Å². The zero-order valence-electron chi connectivity index (χ0n) is 74.2. The number of fused-ring (bicyclic) bond motifs is 12. The van der Waals surface area contributed by atoms with Gasteiger partial charge in [0.25, 0.3) is 0 Å². The van der Waals surface area contributed by atoms with Gasteiger partial charge in [-0.1, -0.05) is 255 Å². The van der Waals surface area contributed by atoms with Gasteiger partial charge in [0.15, 0.2) is 34.9 Å². The Morgan fingerprint density at radius 2 is 0.434 bits per heavy atom. The highest BCUT2D eigenvalue weighted by Gasteiger charge is 2.29. The van der Waals surface area contributed by atoms with Crippen LogP contribution < -0.4 is 0 Å². The predicted octanol–water partition coefficient (Wildman–Crippen LogP) is 29.5. The molecule has 0 amide bonds. The third kappa shape index (κ3) is 13.4. The summed E-state index contributed by atoms with van der Waals surface area (Å²) in [5, 5.41) is 51.7. The first-order valence-corrected chi connectivity index (χ1v) is 45.2. The number of hydrogen-bond donors (Lipinski definition) is 0. The summed E-state index contributed by atoms with van der Waals surface area (Å²) in [6.45, 7) is 8.71. The van der Waals surface area contributed by atoms with E-state index in [4.69, 9.17) is 29.9 Å². The van der Waals surface area contributed by atoms with Crippen LogP contribution in [0.5, 0.6) is 0 Å². The maximum Gasteiger partial charge on any atom is 0.166 e. The summed E-state index contributed by atoms with van der Waals surface area (Å²) in [5.41, 5.74) is 31.9. The summed E-state index contributed by atoms with van der Waals surface area (Å²) < 4.78 is 8.96. The van der Waals surface area contributed by atoms with E-state index in [0.29, 0.717) is 90.8 Å². The Labute approximate surface area is 782 Å². The molecule has 0 bridgehead atoms. The first-order chi connectivity index (χ1) is 66.9. The molecule has 6 aromatic heterocycles. The van der Waals surface area contributed by atoms with Gasteiger partial charge in [-0.25, -0.2) is 29.9 Å². The van der Waals surface area contributed by atoms with Gasteiger partial charge in [0.1, 0.15) is 0 Å². The minimum Gasteiger partial charge on any atom is -0.308 e. The zero-order chi connectivity index (χ0) is 91.5. The summed E-state index contributed by atoms with van der Waals surface area (Å²) >= 11 is 0. The van der Waals surface area contributed by atoms with Crippen LogP contribution in [0.4, 0.5) is 0 Å². The Morgan fingerprint density at radius 1 is 0.176 bits per heavy atom. The van der Waals surface area contributed by atoms with Crippen LogP contribution in [0.3, 0.4) is 0 Å². The fourth-order valence-electron chi connectivity index (χ4n) is 20.4. The fourth-order valence-corrected chi connectivity index (χ4v) is 20.4. The van der Waals surface area contributed by atoms with Gasteiger partial charge in [-0.2, -0.15) is 21.0 Å². The molecular weight excluding hydrogens is 1660 g/mol. The SMILES string of the molecule is Cc1ccccc1-c1ccc2c(c1)c1ccccc1n2-c1cc(C#N)ccc1-c1nc(-c2ccccc2)nc(-c2ccc(C#N)cc2-n2c3ccccc3c3cc(-c4cccc(-c5cccc(-c6ccc7c8ccccc8n(-c8cc(C#N)ccc8-c8nc(-c9ccccc9)nc(-c9ccc(C#N)cc9-n9c%10ccccc%10c%10ccc(-c%11ccccc%11C)cc%109)n8)c7c6)c5C)c4C)ccc32)n1. The second kappa shape index (κ2) is 32.7. The Hall–Kier alpha value is -18.9. The van der Waals surface area contributed by atoms with Crippen molar-refractivity contribution in [3.05, 3.63) is 433 Å². The molecule has 0 atom stereocenters. The van der Waals surface area contributed by atoms with Crippen molar-refractivity contribution in [1.29, 1.82) is 21.0 Å². The highest BCUT2D eigenvalue weighted by atomic mass is 15.1. The van der Waals surface area contributed by atoms with Gasteiger partial charge in [-0.3, -0.25) is 0 Å². The van der Waals surface area contributed by atoms with Gasteiger partial charge in [0.05, 0.1) is 113 Å². The molecule has 634 valence electrons. The van der Waals surface area contributed by atoms with Crippen molar-refractivity contribution in [2.24, 2.45) is 0 Å². The minimum absolute atomic E-state index is 0.390. The summed E-state index contributed by atoms with van der Waals surface area (Å²) in [4.78, 5) is 32.6. The van der Waals surface area contributed by atoms with E-state index in [2.05, 4.69) is 313 Å². The van der Waals surface area contributed by atoms with Crippen LogP contribution in [0, 0.1) is 73.0 Å². The molecule has 24 aromatic rings. The lowest BCUT2D eigenvalue weighted by Gasteiger charge is -2.18. The molecule has 0 saturated heterocycles. The zero-order valence-corrected chi connectivity index (χ0v) is 74.2. The smallest absolute Gasteiger partial charge is 0.166 e. The topological polar surface area (TPSA) is 192 Å². The number of nitrogens with zero attached hydrogens (tertiary/aromatic N) is 14. The van der Waals surface area contributed by atoms with Gasteiger partial charge in [0, 0.05) is 76.5 Å². The van der Waals surface area contributed by atoms with Crippen molar-refractivity contribution < 1.29 is 0 Å². The van der Waals surface area contributed by atoms with Crippen LogP contribution >= 0.6 is 0 Å². The number of nitriles is 4. The Morgan fingerprint density at radius 3 is 0.787 bits per heavy atom. The maximum absolute atomic E-state index is 11.0. The standard InChI is InChI=1S/C122H76N14/c1-73-25-11-13-31-87(73)83-51-59-109-103(65-83)95-35-17-21-43-107(95)133(109)111-61-77(69-123)45-53-99(111)119-127-117(81-27-7-5-8-28-81)128-120(131-119)100-54-46-78(70-124)62-112(100)134-108-44-22-18-36-96(108)104-66-84(52-60-110(104)134)89-37-23-39-91(75(89)3)92-40-24-38-90(76(92)4)86-50-58-98-94-34-16-20-42-106(94)136(116(98)68-86)114-64-80(72-126)48-56-102(114)122-130-118(82-29-9-6-10-30-82)129-121(132-122)101-55-47-79(71-125)63-113(101)135-105-41-19-15-33-93(105)97-57-49-85(67-115(97)135)88-32-14-12-26-74(88)2/h5-68H,1-4H3. The normalized spacial score (nSPS) is 11.5. The molecule has 24 rings (SSSR count). The third-order valence-corrected chi connectivity index (χ3v) is 27.0. The average Bonchev–Trinajstić information content (AvgIpc) is 1.58. The lowest BCUT2D eigenvalue weighted by Crippen LogP contribution is -2.06. The summed E-state index contributed by atoms with van der Waals surface area (Å²) in [6, 6.07) is 143. The second-order valence-corrected chi connectivity index (χ2v) is 34.6. The molecule has 14 heteroatoms. The molecule has 6 heterocycles. The van der Waals surface area contributed by atoms with E-state index in [1.807, 2.05) is 146 Å². The van der Waals surface area contributed by atoms with Crippen LogP contribution in [-0.2, 0) is 0 Å². The number of aromatic nitrogens is 10. The molecule has 0 saturated carbocycles. The number of para-hydroxylation sites is 4. The van der Waals surface area contributed by atoms with E-state index in [1.165, 1.54) is 5.56 Å². The van der Waals surface area contributed by atoms with E-state index in [-0.39, 0.29) is 0 Å². The van der Waals surface area contributed by atoms with Crippen molar-refractivity contribution in [3.63, 3.8) is 0 Å². The molecule has 18 aromatic carbocycles. The molecule has 0 aliphatic rings. The summed E-state index contributed by atoms with van der Waals surface area (Å²) in [7, 11) is 0. The van der Waals surface area contributed by atoms with Gasteiger partial charge in [0.2, 0.25) is 0 Å². The Bertz CT molecular complexity index is 9360. The first-order valence-electron chi connectivity index (χ1n) is 45.2. The van der Waals surface area contributed by atoms with Crippen LogP contribution in [0.1, 0.15) is 44.5 Å². The van der Waals surface area contributed by atoms with Gasteiger partial charge in [-0.15, -0.1) is 0 Å². The van der Waals surface area contributed by atoms with Crippen LogP contribution in [0.2, 0.25) is 0 Å². The first kappa shape index (κ1) is 80.5. The molecule has 0 spiro atoms. The van der Waals surface area contributed by atoms with Crippen molar-refractivity contribution in [1.82, 2.24) is 48.2 Å². The van der Waals surface area contributed by atoms with Crippen molar-refractivity contribution in [2.75, 3.05) is 0 Å². The third-order valence-electron chi connectivity index (χ3n) is 27.0. The lowest BCUT2D eigenvalue weighted by molar-refractivity contribution is 1.06. The van der Waals surface area contributed by atoms with Gasteiger partial charge >= 0.3 is 0 Å². The van der Waals surface area contributed by atoms with Crippen molar-refractivity contribution in [2.45, 2.75) is 27.7 Å². The van der Waals surface area contributed by atoms with E-state index < -0.39 is 0 Å². The monoisotopic (exact) mass is 1740 g/mol. The number of hydrogen-bond acceptors (Lipinski definition) is 10. The number of aryl methyl sites for hydroxylation is 2. The predicted molar refractivity (Wildman–Crippen MR) is 548 cm³/mol. The number of rotatable bonds is 15. The van der Waals surface area contributed by atoms with E-state index in [1.54, 1.807) is 0 Å². The average molecular weight is 1740 g/mol. The molecule has 0 aliphatic carbocycles. The molecule has 0 aliphatic heterocycles. The largest absolute Gasteiger partial charge is 0.308 e.